The molecule has 2 atom stereocenters. The van der Waals surface area contributed by atoms with Gasteiger partial charge in [0.25, 0.3) is 23.2 Å². The van der Waals surface area contributed by atoms with Crippen molar-refractivity contribution in [3.63, 3.8) is 0 Å². The van der Waals surface area contributed by atoms with Crippen LogP contribution in [0.4, 0.5) is 31.4 Å². The van der Waals surface area contributed by atoms with Crippen LogP contribution in [0.2, 0.25) is 0 Å². The molecule has 1 aliphatic heterocycles. The van der Waals surface area contributed by atoms with Crippen molar-refractivity contribution >= 4 is 71.0 Å². The molecule has 3 aromatic rings. The standard InChI is InChI=1S/C46H52N8O16/c1-29(2)41(50-38(55)9-5-4-6-25-52-39(56)22-23-40(52)57)43(59)51(3)37(8-7-24-48-44(47)60)42(58)49-32-12-10-30(11-13-32)26-31(27-67-45(61)69-35-18-14-33(15-19-35)53(63)64)28-68-46(62)70-36-20-16-34(17-21-36)54(65)66/h10-23,26,29,37,41H,4-9,24-25,27-28H2,1-3H3,(H,49,58)(H,50,55)(H3,47,48,60)/t37-,41-/m0/s1. The van der Waals surface area contributed by atoms with Crippen LogP contribution < -0.4 is 31.2 Å². The number of nitrogens with one attached hydrogen (secondary N) is 3. The minimum absolute atomic E-state index is 0.0558. The van der Waals surface area contributed by atoms with Gasteiger partial charge < -0.3 is 45.5 Å². The number of rotatable bonds is 25. The first-order chi connectivity index (χ1) is 33.3. The van der Waals surface area contributed by atoms with E-state index in [1.54, 1.807) is 26.0 Å². The zero-order chi connectivity index (χ0) is 51.3. The van der Waals surface area contributed by atoms with Crippen molar-refractivity contribution < 1.29 is 67.2 Å². The maximum Gasteiger partial charge on any atom is 0.514 e. The third kappa shape index (κ3) is 17.5. The zero-order valence-corrected chi connectivity index (χ0v) is 38.4. The molecule has 0 saturated heterocycles. The first-order valence-corrected chi connectivity index (χ1v) is 21.7. The molecule has 4 rings (SSSR count). The lowest BCUT2D eigenvalue weighted by atomic mass is 10.00. The topological polar surface area (TPSA) is 328 Å². The molecular formula is C46H52N8O16. The summed E-state index contributed by atoms with van der Waals surface area (Å²) in [5.74, 6) is -2.81. The van der Waals surface area contributed by atoms with E-state index >= 15 is 0 Å². The largest absolute Gasteiger partial charge is 0.514 e. The third-order valence-electron chi connectivity index (χ3n) is 10.3. The molecule has 0 saturated carbocycles. The summed E-state index contributed by atoms with van der Waals surface area (Å²) in [6.45, 7) is 2.80. The number of nitro groups is 2. The third-order valence-corrected chi connectivity index (χ3v) is 10.3. The Morgan fingerprint density at radius 2 is 1.29 bits per heavy atom. The number of likely N-dealkylation sites (N-methyl/N-ethyl adjacent to an activating group) is 1. The average Bonchev–Trinajstić information content (AvgIpc) is 3.64. The molecule has 0 unspecified atom stereocenters. The van der Waals surface area contributed by atoms with E-state index in [4.69, 9.17) is 24.7 Å². The number of carbonyl (C=O) groups excluding carboxylic acids is 8. The van der Waals surface area contributed by atoms with E-state index in [1.165, 1.54) is 66.6 Å². The van der Waals surface area contributed by atoms with Crippen molar-refractivity contribution in [2.75, 3.05) is 38.7 Å². The Kier molecular flexibility index (Phi) is 20.5. The van der Waals surface area contributed by atoms with Crippen LogP contribution in [0.25, 0.3) is 6.08 Å². The number of imide groups is 1. The van der Waals surface area contributed by atoms with Crippen LogP contribution in [-0.2, 0) is 33.4 Å². The Morgan fingerprint density at radius 1 is 0.757 bits per heavy atom. The fourth-order valence-corrected chi connectivity index (χ4v) is 6.60. The monoisotopic (exact) mass is 972 g/mol. The number of anilines is 1. The van der Waals surface area contributed by atoms with Gasteiger partial charge in [0.15, 0.2) is 0 Å². The maximum atomic E-state index is 14.0. The minimum atomic E-state index is -1.20. The molecule has 0 aliphatic carbocycles. The minimum Gasteiger partial charge on any atom is -0.429 e. The Bertz CT molecular complexity index is 2360. The zero-order valence-electron chi connectivity index (χ0n) is 38.4. The van der Waals surface area contributed by atoms with Gasteiger partial charge in [0.05, 0.1) is 9.85 Å². The van der Waals surface area contributed by atoms with Crippen molar-refractivity contribution in [2.24, 2.45) is 11.7 Å². The smallest absolute Gasteiger partial charge is 0.429 e. The summed E-state index contributed by atoms with van der Waals surface area (Å²) < 4.78 is 20.6. The number of non-ortho nitro benzene ring substituents is 2. The number of amides is 7. The number of carbonyl (C=O) groups is 8. The summed E-state index contributed by atoms with van der Waals surface area (Å²) in [7, 11) is 1.43. The van der Waals surface area contributed by atoms with Gasteiger partial charge in [0.2, 0.25) is 17.7 Å². The first kappa shape index (κ1) is 53.9. The molecule has 70 heavy (non-hydrogen) atoms. The number of hydrogen-bond acceptors (Lipinski definition) is 16. The molecule has 1 heterocycles. The SMILES string of the molecule is CC(C)[C@H](NC(=O)CCCCCN1C(=O)C=CC1=O)C(=O)N(C)[C@@H](CCCNC(N)=O)C(=O)Nc1ccc(C=C(COC(=O)Oc2ccc([N+](=O)[O-])cc2)COC(=O)Oc2ccc([N+](=O)[O-])cc2)cc1. The summed E-state index contributed by atoms with van der Waals surface area (Å²) in [4.78, 5) is 124. The van der Waals surface area contributed by atoms with Crippen LogP contribution >= 0.6 is 0 Å². The van der Waals surface area contributed by atoms with Crippen molar-refractivity contribution in [1.29, 1.82) is 0 Å². The molecule has 0 fully saturated rings. The molecule has 7 amide bonds. The van der Waals surface area contributed by atoms with Crippen LogP contribution in [0, 0.1) is 26.1 Å². The summed E-state index contributed by atoms with van der Waals surface area (Å²) in [6, 6.07) is 12.5. The first-order valence-electron chi connectivity index (χ1n) is 21.7. The number of unbranched alkanes of at least 4 members (excludes halogenated alkanes) is 2. The Morgan fingerprint density at radius 3 is 1.77 bits per heavy atom. The number of primary amides is 1. The molecular weight excluding hydrogens is 921 g/mol. The van der Waals surface area contributed by atoms with Gasteiger partial charge >= 0.3 is 18.3 Å². The normalized spacial score (nSPS) is 12.5. The Hall–Kier alpha value is -8.70. The van der Waals surface area contributed by atoms with Gasteiger partial charge in [-0.15, -0.1) is 0 Å². The summed E-state index contributed by atoms with van der Waals surface area (Å²) in [6.07, 6.45) is 3.35. The Labute approximate surface area is 400 Å². The van der Waals surface area contributed by atoms with Crippen molar-refractivity contribution in [2.45, 2.75) is 64.5 Å². The van der Waals surface area contributed by atoms with Crippen molar-refractivity contribution in [1.82, 2.24) is 20.4 Å². The molecule has 0 radical (unpaired) electrons. The number of nitrogens with zero attached hydrogens (tertiary/aromatic N) is 4. The van der Waals surface area contributed by atoms with E-state index in [2.05, 4.69) is 16.0 Å². The fraction of sp³-hybridized carbons (Fsp3) is 0.348. The number of nitrogens with two attached hydrogens (primary N) is 1. The fourth-order valence-electron chi connectivity index (χ4n) is 6.60. The van der Waals surface area contributed by atoms with E-state index in [0.29, 0.717) is 30.5 Å². The Balaban J connectivity index is 1.43. The number of nitro benzene ring substituents is 2. The molecule has 5 N–H and O–H groups in total. The predicted molar refractivity (Wildman–Crippen MR) is 248 cm³/mol. The second-order valence-corrected chi connectivity index (χ2v) is 15.9. The summed E-state index contributed by atoms with van der Waals surface area (Å²) in [5, 5.41) is 30.0. The molecule has 0 bridgehead atoms. The van der Waals surface area contributed by atoms with E-state index in [-0.39, 0.29) is 78.5 Å². The highest BCUT2D eigenvalue weighted by molar-refractivity contribution is 6.12. The van der Waals surface area contributed by atoms with E-state index < -0.39 is 71.2 Å². The van der Waals surface area contributed by atoms with E-state index in [0.717, 1.165) is 29.2 Å². The molecule has 0 aromatic heterocycles. The molecule has 1 aliphatic rings. The molecule has 24 nitrogen and oxygen atoms in total. The highest BCUT2D eigenvalue weighted by atomic mass is 16.7. The van der Waals surface area contributed by atoms with Crippen LogP contribution in [-0.4, -0.2) is 113 Å². The van der Waals surface area contributed by atoms with Gasteiger partial charge in [0.1, 0.15) is 36.8 Å². The lowest BCUT2D eigenvalue weighted by Crippen LogP contribution is -2.55. The highest BCUT2D eigenvalue weighted by Crippen LogP contribution is 2.21. The van der Waals surface area contributed by atoms with Gasteiger partial charge in [-0.1, -0.05) is 32.4 Å². The molecule has 0 spiro atoms. The number of hydrogen-bond donors (Lipinski definition) is 4. The lowest BCUT2D eigenvalue weighted by molar-refractivity contribution is -0.385. The van der Waals surface area contributed by atoms with Gasteiger partial charge in [-0.2, -0.15) is 0 Å². The van der Waals surface area contributed by atoms with Crippen LogP contribution in [0.5, 0.6) is 11.5 Å². The van der Waals surface area contributed by atoms with Gasteiger partial charge in [-0.05, 0) is 79.6 Å². The average molecular weight is 973 g/mol. The number of ether oxygens (including phenoxy) is 4. The second kappa shape index (κ2) is 26.6. The highest BCUT2D eigenvalue weighted by Gasteiger charge is 2.33. The number of benzene rings is 3. The van der Waals surface area contributed by atoms with Crippen LogP contribution in [0.1, 0.15) is 57.9 Å². The van der Waals surface area contributed by atoms with Gasteiger partial charge in [-0.25, -0.2) is 14.4 Å². The van der Waals surface area contributed by atoms with E-state index in [9.17, 15) is 58.6 Å². The molecule has 3 aromatic carbocycles. The summed E-state index contributed by atoms with van der Waals surface area (Å²) in [5.41, 5.74) is 5.67. The maximum absolute atomic E-state index is 14.0. The van der Waals surface area contributed by atoms with Crippen LogP contribution in [0.15, 0.2) is 90.5 Å². The quantitative estimate of drug-likeness (QED) is 0.0213. The van der Waals surface area contributed by atoms with E-state index in [1.807, 2.05) is 0 Å². The molecule has 24 heteroatoms. The predicted octanol–water partition coefficient (Wildman–Crippen LogP) is 5.16. The summed E-state index contributed by atoms with van der Waals surface area (Å²) >= 11 is 0. The van der Waals surface area contributed by atoms with Crippen molar-refractivity contribution in [3.05, 3.63) is 116 Å². The van der Waals surface area contributed by atoms with Gasteiger partial charge in [-0.3, -0.25) is 49.1 Å². The number of urea groups is 1. The lowest BCUT2D eigenvalue weighted by Gasteiger charge is -2.32. The van der Waals surface area contributed by atoms with Crippen molar-refractivity contribution in [3.8, 4) is 11.5 Å². The molecule has 372 valence electrons. The second-order valence-electron chi connectivity index (χ2n) is 15.9. The van der Waals surface area contributed by atoms with Gasteiger partial charge in [0, 0.05) is 74.2 Å². The van der Waals surface area contributed by atoms with Crippen LogP contribution in [0.3, 0.4) is 0 Å².